The van der Waals surface area contributed by atoms with Crippen molar-refractivity contribution in [2.45, 2.75) is 6.92 Å². The highest BCUT2D eigenvalue weighted by atomic mass is 16.5. The van der Waals surface area contributed by atoms with Crippen molar-refractivity contribution < 1.29 is 14.3 Å². The van der Waals surface area contributed by atoms with E-state index in [0.29, 0.717) is 32.8 Å². The minimum absolute atomic E-state index is 0.0268. The minimum atomic E-state index is -0.175. The summed E-state index contributed by atoms with van der Waals surface area (Å²) in [6, 6.07) is -0.0715. The third-order valence-corrected chi connectivity index (χ3v) is 2.23. The molecular formula is C11H19N3O3. The Balaban J connectivity index is 2.03. The summed E-state index contributed by atoms with van der Waals surface area (Å²) in [5.41, 5.74) is 0.881. The third kappa shape index (κ3) is 5.35. The zero-order valence-corrected chi connectivity index (χ0v) is 10.1. The van der Waals surface area contributed by atoms with Gasteiger partial charge in [-0.2, -0.15) is 0 Å². The number of hydrogen-bond acceptors (Lipinski definition) is 3. The van der Waals surface area contributed by atoms with E-state index in [0.717, 1.165) is 5.57 Å². The van der Waals surface area contributed by atoms with Crippen LogP contribution in [0.2, 0.25) is 0 Å². The predicted octanol–water partition coefficient (Wildman–Crippen LogP) is -0.279. The van der Waals surface area contributed by atoms with E-state index in [-0.39, 0.29) is 18.5 Å². The molecule has 0 spiro atoms. The van der Waals surface area contributed by atoms with E-state index in [1.165, 1.54) is 0 Å². The van der Waals surface area contributed by atoms with Crippen LogP contribution in [-0.2, 0) is 9.53 Å². The molecule has 1 heterocycles. The number of nitrogens with zero attached hydrogens (tertiary/aromatic N) is 1. The standard InChI is InChI=1S/C11H19N3O3/c1-9(2)7-17-8-10(15)12-3-5-14-6-4-13-11(14)16/h1,3-8H2,2H3,(H,12,15)(H,13,16). The van der Waals surface area contributed by atoms with Gasteiger partial charge in [0.25, 0.3) is 0 Å². The first kappa shape index (κ1) is 13.5. The quantitative estimate of drug-likeness (QED) is 0.602. The van der Waals surface area contributed by atoms with E-state index in [4.69, 9.17) is 4.74 Å². The number of ether oxygens (including phenoxy) is 1. The molecule has 6 nitrogen and oxygen atoms in total. The Morgan fingerprint density at radius 1 is 1.59 bits per heavy atom. The van der Waals surface area contributed by atoms with Gasteiger partial charge in [0.2, 0.25) is 5.91 Å². The highest BCUT2D eigenvalue weighted by molar-refractivity contribution is 5.78. The van der Waals surface area contributed by atoms with Crippen LogP contribution in [0, 0.1) is 0 Å². The van der Waals surface area contributed by atoms with Gasteiger partial charge >= 0.3 is 6.03 Å². The van der Waals surface area contributed by atoms with Crippen molar-refractivity contribution in [1.82, 2.24) is 15.5 Å². The summed E-state index contributed by atoms with van der Waals surface area (Å²) in [5, 5.41) is 5.38. The first-order chi connectivity index (χ1) is 8.09. The van der Waals surface area contributed by atoms with Crippen LogP contribution in [0.3, 0.4) is 0 Å². The van der Waals surface area contributed by atoms with Crippen molar-refractivity contribution in [2.24, 2.45) is 0 Å². The molecule has 17 heavy (non-hydrogen) atoms. The first-order valence-electron chi connectivity index (χ1n) is 5.61. The number of carbonyl (C=O) groups is 2. The zero-order chi connectivity index (χ0) is 12.7. The van der Waals surface area contributed by atoms with Gasteiger partial charge in [0.05, 0.1) is 6.61 Å². The Kier molecular flexibility index (Phi) is 5.48. The molecule has 0 unspecified atom stereocenters. The maximum atomic E-state index is 11.3. The number of rotatable bonds is 7. The van der Waals surface area contributed by atoms with Gasteiger partial charge < -0.3 is 20.3 Å². The molecule has 0 bridgehead atoms. The van der Waals surface area contributed by atoms with E-state index in [9.17, 15) is 9.59 Å². The van der Waals surface area contributed by atoms with E-state index < -0.39 is 0 Å². The number of nitrogens with one attached hydrogen (secondary N) is 2. The lowest BCUT2D eigenvalue weighted by atomic mass is 10.4. The summed E-state index contributed by atoms with van der Waals surface area (Å²) >= 11 is 0. The van der Waals surface area contributed by atoms with Crippen molar-refractivity contribution in [3.05, 3.63) is 12.2 Å². The average Bonchev–Trinajstić information content (AvgIpc) is 2.64. The number of hydrogen-bond donors (Lipinski definition) is 2. The van der Waals surface area contributed by atoms with E-state index in [1.807, 2.05) is 6.92 Å². The molecule has 0 aromatic carbocycles. The van der Waals surface area contributed by atoms with Crippen molar-refractivity contribution >= 4 is 11.9 Å². The molecule has 0 aromatic rings. The lowest BCUT2D eigenvalue weighted by molar-refractivity contribution is -0.125. The van der Waals surface area contributed by atoms with E-state index in [2.05, 4.69) is 17.2 Å². The molecule has 1 rings (SSSR count). The molecule has 1 fully saturated rings. The summed E-state index contributed by atoms with van der Waals surface area (Å²) in [5.74, 6) is -0.175. The highest BCUT2D eigenvalue weighted by Crippen LogP contribution is 1.94. The fourth-order valence-electron chi connectivity index (χ4n) is 1.42. The molecular weight excluding hydrogens is 222 g/mol. The molecule has 1 aliphatic rings. The van der Waals surface area contributed by atoms with Gasteiger partial charge in [0.1, 0.15) is 6.61 Å². The molecule has 1 aliphatic heterocycles. The summed E-state index contributed by atoms with van der Waals surface area (Å²) in [6.45, 7) is 8.27. The minimum Gasteiger partial charge on any atom is -0.367 e. The average molecular weight is 241 g/mol. The molecule has 2 N–H and O–H groups in total. The summed E-state index contributed by atoms with van der Waals surface area (Å²) in [7, 11) is 0. The van der Waals surface area contributed by atoms with Gasteiger partial charge in [-0.3, -0.25) is 4.79 Å². The molecule has 6 heteroatoms. The summed E-state index contributed by atoms with van der Waals surface area (Å²) < 4.78 is 5.10. The maximum Gasteiger partial charge on any atom is 0.317 e. The van der Waals surface area contributed by atoms with Crippen LogP contribution in [-0.4, -0.2) is 56.2 Å². The number of amides is 3. The molecule has 0 aliphatic carbocycles. The molecule has 0 aromatic heterocycles. The summed E-state index contributed by atoms with van der Waals surface area (Å²) in [4.78, 5) is 24.1. The van der Waals surface area contributed by atoms with Gasteiger partial charge in [-0.25, -0.2) is 4.79 Å². The normalized spacial score (nSPS) is 14.6. The third-order valence-electron chi connectivity index (χ3n) is 2.23. The van der Waals surface area contributed by atoms with Crippen molar-refractivity contribution in [3.63, 3.8) is 0 Å². The SMILES string of the molecule is C=C(C)COCC(=O)NCCN1CCNC1=O. The predicted molar refractivity (Wildman–Crippen MR) is 63.6 cm³/mol. The first-order valence-corrected chi connectivity index (χ1v) is 5.61. The van der Waals surface area contributed by atoms with Gasteiger partial charge in [-0.15, -0.1) is 0 Å². The Hall–Kier alpha value is -1.56. The van der Waals surface area contributed by atoms with Gasteiger partial charge in [-0.1, -0.05) is 12.2 Å². The van der Waals surface area contributed by atoms with Crippen LogP contribution < -0.4 is 10.6 Å². The van der Waals surface area contributed by atoms with Gasteiger partial charge in [0.15, 0.2) is 0 Å². The van der Waals surface area contributed by atoms with Crippen LogP contribution >= 0.6 is 0 Å². The maximum absolute atomic E-state index is 11.3. The lowest BCUT2D eigenvalue weighted by Crippen LogP contribution is -2.38. The molecule has 3 amide bonds. The van der Waals surface area contributed by atoms with Crippen LogP contribution in [0.4, 0.5) is 4.79 Å². The van der Waals surface area contributed by atoms with Crippen molar-refractivity contribution in [1.29, 1.82) is 0 Å². The van der Waals surface area contributed by atoms with Crippen molar-refractivity contribution in [2.75, 3.05) is 39.4 Å². The molecule has 96 valence electrons. The van der Waals surface area contributed by atoms with Crippen LogP contribution in [0.1, 0.15) is 6.92 Å². The van der Waals surface area contributed by atoms with Crippen LogP contribution in [0.5, 0.6) is 0 Å². The Morgan fingerprint density at radius 2 is 2.35 bits per heavy atom. The second-order valence-corrected chi connectivity index (χ2v) is 4.02. The van der Waals surface area contributed by atoms with Gasteiger partial charge in [-0.05, 0) is 6.92 Å². The Labute approximate surface area is 101 Å². The second kappa shape index (κ2) is 6.90. The monoisotopic (exact) mass is 241 g/mol. The molecule has 1 saturated heterocycles. The van der Waals surface area contributed by atoms with Crippen molar-refractivity contribution in [3.8, 4) is 0 Å². The van der Waals surface area contributed by atoms with Crippen LogP contribution in [0.25, 0.3) is 0 Å². The van der Waals surface area contributed by atoms with Crippen LogP contribution in [0.15, 0.2) is 12.2 Å². The number of urea groups is 1. The number of carbonyl (C=O) groups excluding carboxylic acids is 2. The smallest absolute Gasteiger partial charge is 0.317 e. The largest absolute Gasteiger partial charge is 0.367 e. The fraction of sp³-hybridized carbons (Fsp3) is 0.636. The highest BCUT2D eigenvalue weighted by Gasteiger charge is 2.18. The fourth-order valence-corrected chi connectivity index (χ4v) is 1.42. The molecule has 0 radical (unpaired) electrons. The van der Waals surface area contributed by atoms with E-state index in [1.54, 1.807) is 4.90 Å². The molecule has 0 atom stereocenters. The Morgan fingerprint density at radius 3 is 2.94 bits per heavy atom. The zero-order valence-electron chi connectivity index (χ0n) is 10.1. The van der Waals surface area contributed by atoms with Gasteiger partial charge in [0, 0.05) is 26.2 Å². The second-order valence-electron chi connectivity index (χ2n) is 4.02. The Bertz CT molecular complexity index is 304. The molecule has 0 saturated carbocycles. The summed E-state index contributed by atoms with van der Waals surface area (Å²) in [6.07, 6.45) is 0. The lowest BCUT2D eigenvalue weighted by Gasteiger charge is -2.14. The topological polar surface area (TPSA) is 70.7 Å². The van der Waals surface area contributed by atoms with E-state index >= 15 is 0 Å².